The van der Waals surface area contributed by atoms with Gasteiger partial charge >= 0.3 is 6.01 Å². The maximum Gasteiger partial charge on any atom is 0.322 e. The lowest BCUT2D eigenvalue weighted by atomic mass is 10.2. The van der Waals surface area contributed by atoms with Gasteiger partial charge in [-0.05, 0) is 66.7 Å². The van der Waals surface area contributed by atoms with Crippen LogP contribution in [0.5, 0.6) is 11.5 Å². The van der Waals surface area contributed by atoms with Crippen LogP contribution in [0.3, 0.4) is 0 Å². The fraction of sp³-hybridized carbons (Fsp3) is 0.0870. The molecular formula is C23H17FN4O6S. The number of fused-ring (bicyclic) bond motifs is 1. The third-order valence-electron chi connectivity index (χ3n) is 4.96. The maximum absolute atomic E-state index is 13.0. The Labute approximate surface area is 198 Å². The quantitative estimate of drug-likeness (QED) is 0.413. The molecule has 1 aromatic heterocycles. The molecule has 0 saturated carbocycles. The van der Waals surface area contributed by atoms with Gasteiger partial charge in [-0.1, -0.05) is 5.10 Å². The van der Waals surface area contributed by atoms with Gasteiger partial charge in [0.15, 0.2) is 11.5 Å². The summed E-state index contributed by atoms with van der Waals surface area (Å²) in [5.74, 6) is 0.293. The second-order valence-corrected chi connectivity index (χ2v) is 9.04. The zero-order chi connectivity index (χ0) is 24.4. The molecule has 12 heteroatoms. The Morgan fingerprint density at radius 3 is 2.34 bits per heavy atom. The average molecular weight is 496 g/mol. The van der Waals surface area contributed by atoms with Crippen molar-refractivity contribution in [2.24, 2.45) is 0 Å². The van der Waals surface area contributed by atoms with Crippen LogP contribution in [-0.4, -0.2) is 37.7 Å². The second-order valence-electron chi connectivity index (χ2n) is 7.36. The SMILES string of the molecule is O=C(Nc1nnc(-c2ccc3c(c2)OCCO3)o1)c1ccc(NS(=O)(=O)c2ccc(F)cc2)cc1. The normalized spacial score (nSPS) is 12.7. The number of rotatable bonds is 6. The van der Waals surface area contributed by atoms with E-state index in [2.05, 4.69) is 20.2 Å². The first kappa shape index (κ1) is 22.3. The number of ether oxygens (including phenoxy) is 2. The average Bonchev–Trinajstić information content (AvgIpc) is 3.32. The third kappa shape index (κ3) is 4.92. The molecule has 35 heavy (non-hydrogen) atoms. The summed E-state index contributed by atoms with van der Waals surface area (Å²) in [6.07, 6.45) is 0. The Hall–Kier alpha value is -4.45. The molecule has 0 unspecified atom stereocenters. The molecule has 4 aromatic rings. The Kier molecular flexibility index (Phi) is 5.79. The van der Waals surface area contributed by atoms with E-state index in [4.69, 9.17) is 13.9 Å². The number of sulfonamides is 1. The van der Waals surface area contributed by atoms with Crippen molar-refractivity contribution in [2.45, 2.75) is 4.90 Å². The lowest BCUT2D eigenvalue weighted by molar-refractivity contribution is 0.102. The van der Waals surface area contributed by atoms with E-state index in [1.807, 2.05) is 0 Å². The topological polar surface area (TPSA) is 133 Å². The molecule has 1 aliphatic heterocycles. The number of hydrogen-bond acceptors (Lipinski definition) is 8. The van der Waals surface area contributed by atoms with E-state index in [1.54, 1.807) is 18.2 Å². The van der Waals surface area contributed by atoms with Gasteiger partial charge in [-0.3, -0.25) is 14.8 Å². The minimum atomic E-state index is -3.91. The fourth-order valence-electron chi connectivity index (χ4n) is 3.25. The zero-order valence-electron chi connectivity index (χ0n) is 17.9. The van der Waals surface area contributed by atoms with Crippen LogP contribution in [-0.2, 0) is 10.0 Å². The lowest BCUT2D eigenvalue weighted by Crippen LogP contribution is -2.15. The van der Waals surface area contributed by atoms with Gasteiger partial charge in [-0.25, -0.2) is 12.8 Å². The van der Waals surface area contributed by atoms with E-state index >= 15 is 0 Å². The van der Waals surface area contributed by atoms with Crippen molar-refractivity contribution in [1.29, 1.82) is 0 Å². The van der Waals surface area contributed by atoms with Gasteiger partial charge < -0.3 is 13.9 Å². The molecule has 0 atom stereocenters. The first-order valence-electron chi connectivity index (χ1n) is 10.3. The molecule has 2 N–H and O–H groups in total. The highest BCUT2D eigenvalue weighted by molar-refractivity contribution is 7.92. The predicted molar refractivity (Wildman–Crippen MR) is 122 cm³/mol. The third-order valence-corrected chi connectivity index (χ3v) is 6.36. The number of anilines is 2. The van der Waals surface area contributed by atoms with Crippen LogP contribution < -0.4 is 19.5 Å². The van der Waals surface area contributed by atoms with Gasteiger partial charge in [0.25, 0.3) is 15.9 Å². The Balaban J connectivity index is 1.24. The monoisotopic (exact) mass is 496 g/mol. The highest BCUT2D eigenvalue weighted by Crippen LogP contribution is 2.34. The largest absolute Gasteiger partial charge is 0.486 e. The van der Waals surface area contributed by atoms with Gasteiger partial charge in [0.05, 0.1) is 4.90 Å². The smallest absolute Gasteiger partial charge is 0.322 e. The minimum absolute atomic E-state index is 0.0917. The number of carbonyl (C=O) groups is 1. The van der Waals surface area contributed by atoms with E-state index in [0.717, 1.165) is 24.3 Å². The summed E-state index contributed by atoms with van der Waals surface area (Å²) in [6, 6.07) is 15.2. The number of hydrogen-bond donors (Lipinski definition) is 2. The molecule has 5 rings (SSSR count). The first-order chi connectivity index (χ1) is 16.9. The minimum Gasteiger partial charge on any atom is -0.486 e. The number of carbonyl (C=O) groups excluding carboxylic acids is 1. The molecule has 0 spiro atoms. The van der Waals surface area contributed by atoms with E-state index < -0.39 is 21.7 Å². The van der Waals surface area contributed by atoms with Crippen LogP contribution in [0.25, 0.3) is 11.5 Å². The van der Waals surface area contributed by atoms with Gasteiger partial charge in [0, 0.05) is 16.8 Å². The lowest BCUT2D eigenvalue weighted by Gasteiger charge is -2.18. The number of benzene rings is 3. The molecular weight excluding hydrogens is 479 g/mol. The van der Waals surface area contributed by atoms with Gasteiger partial charge in [-0.2, -0.15) is 0 Å². The molecule has 0 fully saturated rings. The fourth-order valence-corrected chi connectivity index (χ4v) is 4.31. The van der Waals surface area contributed by atoms with E-state index in [-0.39, 0.29) is 28.1 Å². The van der Waals surface area contributed by atoms with Crippen molar-refractivity contribution < 1.29 is 31.5 Å². The standard InChI is InChI=1S/C23H17FN4O6S/c24-16-4-8-18(9-5-16)35(30,31)28-17-6-1-14(2-7-17)21(29)25-23-27-26-22(34-23)15-3-10-19-20(13-15)33-12-11-32-19/h1-10,13,28H,11-12H2,(H,25,27,29). The van der Waals surface area contributed by atoms with Crippen molar-refractivity contribution in [2.75, 3.05) is 23.3 Å². The summed E-state index contributed by atoms with van der Waals surface area (Å²) in [7, 11) is -3.91. The summed E-state index contributed by atoms with van der Waals surface area (Å²) < 4.78 is 56.8. The van der Waals surface area contributed by atoms with Crippen LogP contribution in [0.1, 0.15) is 10.4 Å². The Bertz CT molecular complexity index is 1490. The van der Waals surface area contributed by atoms with Crippen molar-refractivity contribution in [3.8, 4) is 23.0 Å². The van der Waals surface area contributed by atoms with Crippen molar-refractivity contribution in [3.63, 3.8) is 0 Å². The summed E-state index contributed by atoms with van der Waals surface area (Å²) in [6.45, 7) is 0.915. The molecule has 178 valence electrons. The van der Waals surface area contributed by atoms with Crippen LogP contribution in [0.4, 0.5) is 16.1 Å². The molecule has 0 aliphatic carbocycles. The van der Waals surface area contributed by atoms with Crippen LogP contribution in [0, 0.1) is 5.82 Å². The number of halogens is 1. The predicted octanol–water partition coefficient (Wildman–Crippen LogP) is 3.70. The molecule has 3 aromatic carbocycles. The Morgan fingerprint density at radius 1 is 0.886 bits per heavy atom. The molecule has 1 amide bonds. The maximum atomic E-state index is 13.0. The number of nitrogens with one attached hydrogen (secondary N) is 2. The molecule has 0 saturated heterocycles. The number of aromatic nitrogens is 2. The molecule has 2 heterocycles. The first-order valence-corrected chi connectivity index (χ1v) is 11.8. The van der Waals surface area contributed by atoms with Crippen LogP contribution >= 0.6 is 0 Å². The molecule has 0 radical (unpaired) electrons. The Morgan fingerprint density at radius 2 is 1.60 bits per heavy atom. The summed E-state index contributed by atoms with van der Waals surface area (Å²) in [5.41, 5.74) is 1.05. The van der Waals surface area contributed by atoms with Crippen molar-refractivity contribution in [1.82, 2.24) is 10.2 Å². The van der Waals surface area contributed by atoms with Crippen molar-refractivity contribution >= 4 is 27.6 Å². The summed E-state index contributed by atoms with van der Waals surface area (Å²) in [5, 5.41) is 10.3. The van der Waals surface area contributed by atoms with Crippen LogP contribution in [0.2, 0.25) is 0 Å². The van der Waals surface area contributed by atoms with E-state index in [9.17, 15) is 17.6 Å². The number of amides is 1. The van der Waals surface area contributed by atoms with E-state index in [0.29, 0.717) is 30.3 Å². The highest BCUT2D eigenvalue weighted by atomic mass is 32.2. The van der Waals surface area contributed by atoms with Gasteiger partial charge in [0.1, 0.15) is 19.0 Å². The molecule has 1 aliphatic rings. The highest BCUT2D eigenvalue weighted by Gasteiger charge is 2.18. The van der Waals surface area contributed by atoms with E-state index in [1.165, 1.54) is 24.3 Å². The number of nitrogens with zero attached hydrogens (tertiary/aromatic N) is 2. The zero-order valence-corrected chi connectivity index (χ0v) is 18.7. The molecule has 10 nitrogen and oxygen atoms in total. The van der Waals surface area contributed by atoms with Gasteiger partial charge in [-0.15, -0.1) is 5.10 Å². The van der Waals surface area contributed by atoms with Gasteiger partial charge in [0.2, 0.25) is 5.89 Å². The van der Waals surface area contributed by atoms with Crippen LogP contribution in [0.15, 0.2) is 76.0 Å². The van der Waals surface area contributed by atoms with Crippen molar-refractivity contribution in [3.05, 3.63) is 78.1 Å². The summed E-state index contributed by atoms with van der Waals surface area (Å²) in [4.78, 5) is 12.5. The second kappa shape index (κ2) is 9.06. The summed E-state index contributed by atoms with van der Waals surface area (Å²) >= 11 is 0. The molecule has 0 bridgehead atoms.